The zero-order valence-corrected chi connectivity index (χ0v) is 6.95. The molecule has 0 bridgehead atoms. The van der Waals surface area contributed by atoms with Gasteiger partial charge in [0.25, 0.3) is 0 Å². The van der Waals surface area contributed by atoms with Gasteiger partial charge >= 0.3 is 12.4 Å². The first-order chi connectivity index (χ1) is 6.64. The molecule has 9 heteroatoms. The quantitative estimate of drug-likeness (QED) is 0.729. The van der Waals surface area contributed by atoms with Crippen LogP contribution in [0.15, 0.2) is 6.20 Å². The van der Waals surface area contributed by atoms with E-state index in [2.05, 4.69) is 10.8 Å². The van der Waals surface area contributed by atoms with Crippen molar-refractivity contribution in [2.24, 2.45) is 5.73 Å². The molecular weight excluding hydrogens is 228 g/mol. The minimum atomic E-state index is -4.94. The van der Waals surface area contributed by atoms with Gasteiger partial charge in [0.15, 0.2) is 0 Å². The standard InChI is InChI=1S/C6H5F6N3/c7-5(8,9)3(13)2-1-14-15-4(2)6(10,11)12/h1,3H,13H2,(H,14,15). The maximum Gasteiger partial charge on any atom is 0.433 e. The number of nitrogens with one attached hydrogen (secondary N) is 1. The molecule has 0 spiro atoms. The van der Waals surface area contributed by atoms with Gasteiger partial charge in [-0.25, -0.2) is 0 Å². The molecule has 0 saturated heterocycles. The van der Waals surface area contributed by atoms with Gasteiger partial charge in [-0.2, -0.15) is 31.4 Å². The van der Waals surface area contributed by atoms with Gasteiger partial charge in [0.1, 0.15) is 11.7 Å². The summed E-state index contributed by atoms with van der Waals surface area (Å²) in [4.78, 5) is 0. The number of H-pyrrole nitrogens is 1. The molecule has 1 unspecified atom stereocenters. The molecule has 15 heavy (non-hydrogen) atoms. The summed E-state index contributed by atoms with van der Waals surface area (Å²) in [7, 11) is 0. The Morgan fingerprint density at radius 3 is 2.13 bits per heavy atom. The highest BCUT2D eigenvalue weighted by molar-refractivity contribution is 5.24. The number of nitrogens with zero attached hydrogens (tertiary/aromatic N) is 1. The van der Waals surface area contributed by atoms with Crippen molar-refractivity contribution in [1.82, 2.24) is 10.2 Å². The number of halogens is 6. The molecule has 0 fully saturated rings. The Kier molecular flexibility index (Phi) is 2.68. The SMILES string of the molecule is NC(c1cn[nH]c1C(F)(F)F)C(F)(F)F. The van der Waals surface area contributed by atoms with Crippen molar-refractivity contribution in [1.29, 1.82) is 0 Å². The predicted molar refractivity (Wildman–Crippen MR) is 36.6 cm³/mol. The van der Waals surface area contributed by atoms with E-state index in [1.54, 1.807) is 0 Å². The molecule has 3 N–H and O–H groups in total. The number of hydrogen-bond acceptors (Lipinski definition) is 2. The zero-order chi connectivity index (χ0) is 11.9. The van der Waals surface area contributed by atoms with E-state index >= 15 is 0 Å². The fraction of sp³-hybridized carbons (Fsp3) is 0.500. The van der Waals surface area contributed by atoms with E-state index in [9.17, 15) is 26.3 Å². The third-order valence-corrected chi connectivity index (χ3v) is 1.64. The lowest BCUT2D eigenvalue weighted by atomic mass is 10.1. The van der Waals surface area contributed by atoms with Crippen LogP contribution < -0.4 is 5.73 Å². The summed E-state index contributed by atoms with van der Waals surface area (Å²) in [6, 6.07) is -2.70. The van der Waals surface area contributed by atoms with Crippen LogP contribution in [0.3, 0.4) is 0 Å². The van der Waals surface area contributed by atoms with Crippen molar-refractivity contribution in [3.05, 3.63) is 17.5 Å². The summed E-state index contributed by atoms with van der Waals surface area (Å²) in [6.45, 7) is 0. The highest BCUT2D eigenvalue weighted by Crippen LogP contribution is 2.37. The summed E-state index contributed by atoms with van der Waals surface area (Å²) in [5.74, 6) is 0. The Morgan fingerprint density at radius 2 is 1.73 bits per heavy atom. The Hall–Kier alpha value is -1.25. The fourth-order valence-corrected chi connectivity index (χ4v) is 0.935. The lowest BCUT2D eigenvalue weighted by Crippen LogP contribution is -2.30. The summed E-state index contributed by atoms with van der Waals surface area (Å²) in [5, 5.41) is 4.34. The molecule has 0 aliphatic carbocycles. The minimum Gasteiger partial charge on any atom is -0.316 e. The van der Waals surface area contributed by atoms with Crippen molar-refractivity contribution in [3.63, 3.8) is 0 Å². The summed E-state index contributed by atoms with van der Waals surface area (Å²) in [5.41, 5.74) is 1.94. The van der Waals surface area contributed by atoms with Gasteiger partial charge in [0, 0.05) is 5.56 Å². The molecule has 3 nitrogen and oxygen atoms in total. The first kappa shape index (κ1) is 11.8. The number of rotatable bonds is 1. The minimum absolute atomic E-state index is 0.418. The van der Waals surface area contributed by atoms with Crippen LogP contribution in [0.5, 0.6) is 0 Å². The Balaban J connectivity index is 3.12. The highest BCUT2D eigenvalue weighted by atomic mass is 19.4. The Bertz CT molecular complexity index is 337. The molecule has 1 atom stereocenters. The molecule has 1 heterocycles. The van der Waals surface area contributed by atoms with E-state index in [1.165, 1.54) is 5.10 Å². The van der Waals surface area contributed by atoms with Gasteiger partial charge in [0.2, 0.25) is 0 Å². The summed E-state index contributed by atoms with van der Waals surface area (Å²) in [6.07, 6.45) is -9.46. The molecule has 0 aliphatic rings. The first-order valence-electron chi connectivity index (χ1n) is 3.57. The molecule has 0 saturated carbocycles. The molecule has 0 aromatic carbocycles. The summed E-state index contributed by atoms with van der Waals surface area (Å²) < 4.78 is 72.5. The van der Waals surface area contributed by atoms with E-state index in [0.717, 1.165) is 0 Å². The number of hydrogen-bond donors (Lipinski definition) is 2. The van der Waals surface area contributed by atoms with E-state index in [1.807, 2.05) is 0 Å². The van der Waals surface area contributed by atoms with Crippen LogP contribution in [-0.2, 0) is 6.18 Å². The predicted octanol–water partition coefficient (Wildman–Crippen LogP) is 1.99. The maximum atomic E-state index is 12.1. The van der Waals surface area contributed by atoms with Crippen molar-refractivity contribution >= 4 is 0 Å². The van der Waals surface area contributed by atoms with Crippen LogP contribution in [-0.4, -0.2) is 16.4 Å². The fourth-order valence-electron chi connectivity index (χ4n) is 0.935. The number of alkyl halides is 6. The van der Waals surface area contributed by atoms with E-state index < -0.39 is 29.7 Å². The van der Waals surface area contributed by atoms with Gasteiger partial charge in [-0.3, -0.25) is 5.10 Å². The van der Waals surface area contributed by atoms with E-state index in [0.29, 0.717) is 6.20 Å². The number of aromatic amines is 1. The van der Waals surface area contributed by atoms with Crippen LogP contribution in [0.25, 0.3) is 0 Å². The van der Waals surface area contributed by atoms with Crippen molar-refractivity contribution < 1.29 is 26.3 Å². The molecule has 0 aliphatic heterocycles. The smallest absolute Gasteiger partial charge is 0.316 e. The lowest BCUT2D eigenvalue weighted by Gasteiger charge is -2.16. The lowest BCUT2D eigenvalue weighted by molar-refractivity contribution is -0.156. The third kappa shape index (κ3) is 2.41. The van der Waals surface area contributed by atoms with Gasteiger partial charge < -0.3 is 5.73 Å². The van der Waals surface area contributed by atoms with Crippen LogP contribution >= 0.6 is 0 Å². The Labute approximate surface area is 79.3 Å². The van der Waals surface area contributed by atoms with E-state index in [4.69, 9.17) is 0 Å². The molecule has 0 radical (unpaired) electrons. The summed E-state index contributed by atoms with van der Waals surface area (Å²) >= 11 is 0. The number of aromatic nitrogens is 2. The van der Waals surface area contributed by atoms with Crippen LogP contribution in [0.2, 0.25) is 0 Å². The second-order valence-corrected chi connectivity index (χ2v) is 2.72. The molecule has 1 aromatic rings. The zero-order valence-electron chi connectivity index (χ0n) is 6.95. The van der Waals surface area contributed by atoms with Crippen molar-refractivity contribution in [3.8, 4) is 0 Å². The molecule has 0 amide bonds. The normalized spacial score (nSPS) is 15.4. The van der Waals surface area contributed by atoms with Crippen molar-refractivity contribution in [2.45, 2.75) is 18.4 Å². The second kappa shape index (κ2) is 3.40. The van der Waals surface area contributed by atoms with Crippen LogP contribution in [0.1, 0.15) is 17.3 Å². The Morgan fingerprint density at radius 1 is 1.20 bits per heavy atom. The van der Waals surface area contributed by atoms with Gasteiger partial charge in [-0.15, -0.1) is 0 Å². The topological polar surface area (TPSA) is 54.7 Å². The van der Waals surface area contributed by atoms with Gasteiger partial charge in [0.05, 0.1) is 6.20 Å². The third-order valence-electron chi connectivity index (χ3n) is 1.64. The molecule has 86 valence electrons. The van der Waals surface area contributed by atoms with Crippen molar-refractivity contribution in [2.75, 3.05) is 0 Å². The maximum absolute atomic E-state index is 12.1. The monoisotopic (exact) mass is 233 g/mol. The number of nitrogens with two attached hydrogens (primary N) is 1. The van der Waals surface area contributed by atoms with E-state index in [-0.39, 0.29) is 0 Å². The van der Waals surface area contributed by atoms with Gasteiger partial charge in [-0.1, -0.05) is 0 Å². The molecule has 1 aromatic heterocycles. The second-order valence-electron chi connectivity index (χ2n) is 2.72. The van der Waals surface area contributed by atoms with Crippen LogP contribution in [0.4, 0.5) is 26.3 Å². The average molecular weight is 233 g/mol. The molecular formula is C6H5F6N3. The average Bonchev–Trinajstić information content (AvgIpc) is 2.47. The molecule has 1 rings (SSSR count). The van der Waals surface area contributed by atoms with Crippen LogP contribution in [0, 0.1) is 0 Å². The van der Waals surface area contributed by atoms with Gasteiger partial charge in [-0.05, 0) is 0 Å². The highest BCUT2D eigenvalue weighted by Gasteiger charge is 2.45. The first-order valence-corrected chi connectivity index (χ1v) is 3.57. The largest absolute Gasteiger partial charge is 0.433 e.